The predicted molar refractivity (Wildman–Crippen MR) is 78.8 cm³/mol. The molecular weight excluding hydrogens is 274 g/mol. The number of benzene rings is 1. The Labute approximate surface area is 122 Å². The zero-order chi connectivity index (χ0) is 15.4. The number of carbonyl (C=O) groups is 1. The highest BCUT2D eigenvalue weighted by Crippen LogP contribution is 2.26. The first-order valence-electron chi connectivity index (χ1n) is 6.98. The van der Waals surface area contributed by atoms with Crippen LogP contribution in [0.4, 0.5) is 11.4 Å². The van der Waals surface area contributed by atoms with Gasteiger partial charge in [0, 0.05) is 18.7 Å². The van der Waals surface area contributed by atoms with E-state index in [0.29, 0.717) is 12.2 Å². The Bertz CT molecular complexity index is 541. The molecule has 1 aliphatic heterocycles. The molecule has 1 fully saturated rings. The molecule has 2 rings (SSSR count). The lowest BCUT2D eigenvalue weighted by molar-refractivity contribution is -0.384. The van der Waals surface area contributed by atoms with Gasteiger partial charge in [0.15, 0.2) is 0 Å². The molecule has 1 aliphatic rings. The van der Waals surface area contributed by atoms with Crippen LogP contribution in [0.3, 0.4) is 0 Å². The first-order chi connectivity index (χ1) is 9.99. The van der Waals surface area contributed by atoms with E-state index in [4.69, 9.17) is 5.11 Å². The van der Waals surface area contributed by atoms with Crippen LogP contribution >= 0.6 is 0 Å². The number of likely N-dealkylation sites (tertiary alicyclic amines) is 1. The average Bonchev–Trinajstić information content (AvgIpc) is 2.98. The monoisotopic (exact) mass is 293 g/mol. The Kier molecular flexibility index (Phi) is 4.74. The first kappa shape index (κ1) is 15.2. The molecular formula is C14H19N3O4. The van der Waals surface area contributed by atoms with E-state index in [9.17, 15) is 14.9 Å². The summed E-state index contributed by atoms with van der Waals surface area (Å²) < 4.78 is 0. The molecule has 7 nitrogen and oxygen atoms in total. The van der Waals surface area contributed by atoms with Crippen molar-refractivity contribution >= 4 is 17.3 Å². The van der Waals surface area contributed by atoms with Crippen LogP contribution in [0.2, 0.25) is 0 Å². The minimum Gasteiger partial charge on any atom is -0.478 e. The Morgan fingerprint density at radius 1 is 1.48 bits per heavy atom. The van der Waals surface area contributed by atoms with Crippen LogP contribution < -0.4 is 5.32 Å². The Hall–Kier alpha value is -2.15. The van der Waals surface area contributed by atoms with Gasteiger partial charge in [-0.3, -0.25) is 15.0 Å². The second kappa shape index (κ2) is 6.53. The number of nitrogens with zero attached hydrogens (tertiary/aromatic N) is 2. The summed E-state index contributed by atoms with van der Waals surface area (Å²) >= 11 is 0. The van der Waals surface area contributed by atoms with E-state index in [-0.39, 0.29) is 17.3 Å². The summed E-state index contributed by atoms with van der Waals surface area (Å²) in [7, 11) is 0. The lowest BCUT2D eigenvalue weighted by Crippen LogP contribution is -2.35. The molecule has 1 atom stereocenters. The SMILES string of the molecule is CC(CNc1ccc(C(=O)O)cc1[N+](=O)[O-])N1CCCC1. The molecule has 1 saturated heterocycles. The van der Waals surface area contributed by atoms with Crippen molar-refractivity contribution in [1.29, 1.82) is 0 Å². The molecule has 1 heterocycles. The molecule has 0 bridgehead atoms. The van der Waals surface area contributed by atoms with Crippen LogP contribution in [-0.4, -0.2) is 46.6 Å². The third kappa shape index (κ3) is 3.69. The number of aromatic carboxylic acids is 1. The smallest absolute Gasteiger partial charge is 0.335 e. The standard InChI is InChI=1S/C14H19N3O4/c1-10(16-6-2-3-7-16)9-15-12-5-4-11(14(18)19)8-13(12)17(20)21/h4-5,8,10,15H,2-3,6-7,9H2,1H3,(H,18,19). The van der Waals surface area contributed by atoms with E-state index in [1.165, 1.54) is 25.0 Å². The van der Waals surface area contributed by atoms with Gasteiger partial charge in [0.25, 0.3) is 5.69 Å². The summed E-state index contributed by atoms with van der Waals surface area (Å²) in [5, 5.41) is 23.0. The van der Waals surface area contributed by atoms with Crippen LogP contribution in [0, 0.1) is 10.1 Å². The van der Waals surface area contributed by atoms with Crippen molar-refractivity contribution in [1.82, 2.24) is 4.90 Å². The number of rotatable bonds is 6. The summed E-state index contributed by atoms with van der Waals surface area (Å²) in [5.41, 5.74) is 0.0689. The fourth-order valence-electron chi connectivity index (χ4n) is 2.53. The molecule has 21 heavy (non-hydrogen) atoms. The van der Waals surface area contributed by atoms with Crippen LogP contribution in [0.25, 0.3) is 0 Å². The van der Waals surface area contributed by atoms with Crippen molar-refractivity contribution in [2.45, 2.75) is 25.8 Å². The lowest BCUT2D eigenvalue weighted by atomic mass is 10.1. The molecule has 0 saturated carbocycles. The van der Waals surface area contributed by atoms with Gasteiger partial charge in [-0.25, -0.2) is 4.79 Å². The molecule has 1 aromatic carbocycles. The summed E-state index contributed by atoms with van der Waals surface area (Å²) in [6, 6.07) is 4.20. The van der Waals surface area contributed by atoms with Crippen LogP contribution in [-0.2, 0) is 0 Å². The van der Waals surface area contributed by atoms with Crippen molar-refractivity contribution in [2.24, 2.45) is 0 Å². The number of nitro groups is 1. The molecule has 114 valence electrons. The number of hydrogen-bond donors (Lipinski definition) is 2. The summed E-state index contributed by atoms with van der Waals surface area (Å²) in [5.74, 6) is -1.17. The third-order valence-electron chi connectivity index (χ3n) is 3.79. The van der Waals surface area contributed by atoms with E-state index >= 15 is 0 Å². The maximum Gasteiger partial charge on any atom is 0.335 e. The molecule has 2 N–H and O–H groups in total. The number of nitro benzene ring substituents is 1. The molecule has 0 aliphatic carbocycles. The maximum absolute atomic E-state index is 11.1. The molecule has 1 aromatic rings. The minimum absolute atomic E-state index is 0.0835. The van der Waals surface area contributed by atoms with E-state index in [0.717, 1.165) is 19.2 Å². The largest absolute Gasteiger partial charge is 0.478 e. The zero-order valence-electron chi connectivity index (χ0n) is 11.9. The van der Waals surface area contributed by atoms with Gasteiger partial charge >= 0.3 is 5.97 Å². The van der Waals surface area contributed by atoms with Gasteiger partial charge in [-0.15, -0.1) is 0 Å². The highest BCUT2D eigenvalue weighted by atomic mass is 16.6. The van der Waals surface area contributed by atoms with Crippen LogP contribution in [0.5, 0.6) is 0 Å². The Morgan fingerprint density at radius 3 is 2.71 bits per heavy atom. The van der Waals surface area contributed by atoms with Gasteiger partial charge in [-0.05, 0) is 45.0 Å². The van der Waals surface area contributed by atoms with E-state index in [1.54, 1.807) is 0 Å². The van der Waals surface area contributed by atoms with E-state index in [2.05, 4.69) is 17.1 Å². The van der Waals surface area contributed by atoms with Crippen molar-refractivity contribution < 1.29 is 14.8 Å². The van der Waals surface area contributed by atoms with Gasteiger partial charge in [0.2, 0.25) is 0 Å². The lowest BCUT2D eigenvalue weighted by Gasteiger charge is -2.24. The number of carboxylic acids is 1. The quantitative estimate of drug-likeness (QED) is 0.616. The number of nitrogens with one attached hydrogen (secondary N) is 1. The van der Waals surface area contributed by atoms with Crippen molar-refractivity contribution in [3.8, 4) is 0 Å². The summed E-state index contributed by atoms with van der Waals surface area (Å²) in [6.07, 6.45) is 2.38. The second-order valence-electron chi connectivity index (χ2n) is 5.27. The van der Waals surface area contributed by atoms with Crippen molar-refractivity contribution in [3.05, 3.63) is 33.9 Å². The fourth-order valence-corrected chi connectivity index (χ4v) is 2.53. The molecule has 0 amide bonds. The van der Waals surface area contributed by atoms with Gasteiger partial charge < -0.3 is 10.4 Å². The first-order valence-corrected chi connectivity index (χ1v) is 6.98. The van der Waals surface area contributed by atoms with Crippen molar-refractivity contribution in [3.63, 3.8) is 0 Å². The Balaban J connectivity index is 2.08. The number of anilines is 1. The van der Waals surface area contributed by atoms with Gasteiger partial charge in [-0.2, -0.15) is 0 Å². The molecule has 0 aromatic heterocycles. The topological polar surface area (TPSA) is 95.7 Å². The Morgan fingerprint density at radius 2 is 2.14 bits per heavy atom. The van der Waals surface area contributed by atoms with Crippen LogP contribution in [0.1, 0.15) is 30.1 Å². The van der Waals surface area contributed by atoms with E-state index in [1.807, 2.05) is 0 Å². The number of carboxylic acid groups (broad SMARTS) is 1. The van der Waals surface area contributed by atoms with Gasteiger partial charge in [-0.1, -0.05) is 0 Å². The van der Waals surface area contributed by atoms with Crippen LogP contribution in [0.15, 0.2) is 18.2 Å². The fraction of sp³-hybridized carbons (Fsp3) is 0.500. The molecule has 1 unspecified atom stereocenters. The van der Waals surface area contributed by atoms with Gasteiger partial charge in [0.1, 0.15) is 5.69 Å². The second-order valence-corrected chi connectivity index (χ2v) is 5.27. The highest BCUT2D eigenvalue weighted by molar-refractivity contribution is 5.89. The summed E-state index contributed by atoms with van der Waals surface area (Å²) in [6.45, 7) is 4.79. The van der Waals surface area contributed by atoms with Crippen molar-refractivity contribution in [2.75, 3.05) is 25.0 Å². The summed E-state index contributed by atoms with van der Waals surface area (Å²) in [4.78, 5) is 23.7. The average molecular weight is 293 g/mol. The third-order valence-corrected chi connectivity index (χ3v) is 3.79. The maximum atomic E-state index is 11.1. The molecule has 7 heteroatoms. The molecule has 0 radical (unpaired) electrons. The minimum atomic E-state index is -1.17. The highest BCUT2D eigenvalue weighted by Gasteiger charge is 2.20. The number of hydrogen-bond acceptors (Lipinski definition) is 5. The van der Waals surface area contributed by atoms with E-state index < -0.39 is 10.9 Å². The zero-order valence-corrected chi connectivity index (χ0v) is 11.9. The van der Waals surface area contributed by atoms with Gasteiger partial charge in [0.05, 0.1) is 10.5 Å². The molecule has 0 spiro atoms. The predicted octanol–water partition coefficient (Wildman–Crippen LogP) is 2.19. The normalized spacial score (nSPS) is 16.6.